The fourth-order valence-electron chi connectivity index (χ4n) is 1.19. The molecule has 3 N–H and O–H groups in total. The third-order valence-electron chi connectivity index (χ3n) is 1.88. The average Bonchev–Trinajstić information content (AvgIpc) is 2.78. The van der Waals surface area contributed by atoms with Crippen LogP contribution in [0.1, 0.15) is 13.3 Å². The van der Waals surface area contributed by atoms with Gasteiger partial charge < -0.3 is 15.5 Å². The molecular formula is C10H13N5OS. The smallest absolute Gasteiger partial charge is 0.261 e. The number of nitrogens with two attached hydrogens (primary N) is 1. The molecule has 0 amide bonds. The van der Waals surface area contributed by atoms with E-state index in [-0.39, 0.29) is 5.95 Å². The number of aromatic nitrogens is 3. The molecule has 0 saturated heterocycles. The summed E-state index contributed by atoms with van der Waals surface area (Å²) in [7, 11) is 0. The number of oxazole rings is 1. The number of rotatable bonds is 5. The Balaban J connectivity index is 2.13. The summed E-state index contributed by atoms with van der Waals surface area (Å²) >= 11 is 1.31. The molecule has 0 aliphatic heterocycles. The average molecular weight is 251 g/mol. The molecule has 2 heterocycles. The highest BCUT2D eigenvalue weighted by atomic mass is 32.2. The van der Waals surface area contributed by atoms with Gasteiger partial charge in [-0.2, -0.15) is 4.98 Å². The zero-order chi connectivity index (χ0) is 12.1. The molecule has 2 rings (SSSR count). The van der Waals surface area contributed by atoms with Gasteiger partial charge in [-0.15, -0.1) is 0 Å². The van der Waals surface area contributed by atoms with Crippen molar-refractivity contribution in [2.75, 3.05) is 17.6 Å². The number of nitrogens with zero attached hydrogens (tertiary/aromatic N) is 3. The first-order valence-corrected chi connectivity index (χ1v) is 6.05. The monoisotopic (exact) mass is 251 g/mol. The summed E-state index contributed by atoms with van der Waals surface area (Å²) in [6.07, 6.45) is 4.12. The normalized spacial score (nSPS) is 10.4. The molecule has 90 valence electrons. The lowest BCUT2D eigenvalue weighted by molar-refractivity contribution is 0.454. The molecule has 0 saturated carbocycles. The van der Waals surface area contributed by atoms with E-state index < -0.39 is 0 Å². The van der Waals surface area contributed by atoms with Gasteiger partial charge in [0.15, 0.2) is 0 Å². The van der Waals surface area contributed by atoms with Gasteiger partial charge in [0.05, 0.1) is 6.20 Å². The first-order chi connectivity index (χ1) is 8.28. The standard InChI is InChI=1S/C10H13N5OS/c1-2-3-12-7-6-8(15-9(11)14-7)17-10-13-4-5-16-10/h4-6H,2-3H2,1H3,(H3,11,12,14,15). The third-order valence-corrected chi connectivity index (χ3v) is 2.67. The van der Waals surface area contributed by atoms with Crippen molar-refractivity contribution >= 4 is 23.5 Å². The number of anilines is 2. The Morgan fingerprint density at radius 1 is 1.47 bits per heavy atom. The second-order valence-electron chi connectivity index (χ2n) is 3.28. The van der Waals surface area contributed by atoms with E-state index in [9.17, 15) is 0 Å². The lowest BCUT2D eigenvalue weighted by atomic mass is 10.4. The van der Waals surface area contributed by atoms with Crippen LogP contribution in [0.2, 0.25) is 0 Å². The van der Waals surface area contributed by atoms with Crippen LogP contribution in [0.4, 0.5) is 11.8 Å². The number of nitrogen functional groups attached to an aromatic ring is 1. The van der Waals surface area contributed by atoms with Crippen molar-refractivity contribution in [1.82, 2.24) is 15.0 Å². The van der Waals surface area contributed by atoms with E-state index in [1.54, 1.807) is 6.20 Å². The van der Waals surface area contributed by atoms with E-state index in [4.69, 9.17) is 10.2 Å². The van der Waals surface area contributed by atoms with Gasteiger partial charge in [-0.25, -0.2) is 9.97 Å². The summed E-state index contributed by atoms with van der Waals surface area (Å²) in [6.45, 7) is 2.93. The van der Waals surface area contributed by atoms with Crippen molar-refractivity contribution in [2.24, 2.45) is 0 Å². The molecule has 6 nitrogen and oxygen atoms in total. The van der Waals surface area contributed by atoms with Crippen molar-refractivity contribution in [2.45, 2.75) is 23.6 Å². The highest BCUT2D eigenvalue weighted by molar-refractivity contribution is 7.99. The van der Waals surface area contributed by atoms with Gasteiger partial charge in [0.25, 0.3) is 5.22 Å². The fraction of sp³-hybridized carbons (Fsp3) is 0.300. The molecular weight excluding hydrogens is 238 g/mol. The van der Waals surface area contributed by atoms with E-state index >= 15 is 0 Å². The Kier molecular flexibility index (Phi) is 3.81. The van der Waals surface area contributed by atoms with Gasteiger partial charge in [0.2, 0.25) is 5.95 Å². The Labute approximate surface area is 103 Å². The lowest BCUT2D eigenvalue weighted by Gasteiger charge is -2.05. The van der Waals surface area contributed by atoms with E-state index in [0.717, 1.165) is 13.0 Å². The van der Waals surface area contributed by atoms with E-state index in [0.29, 0.717) is 16.1 Å². The van der Waals surface area contributed by atoms with Gasteiger partial charge in [0.1, 0.15) is 17.1 Å². The summed E-state index contributed by atoms with van der Waals surface area (Å²) in [5, 5.41) is 4.40. The SMILES string of the molecule is CCCNc1cc(Sc2ncco2)nc(N)n1. The maximum absolute atomic E-state index is 5.63. The predicted molar refractivity (Wildman–Crippen MR) is 65.9 cm³/mol. The topological polar surface area (TPSA) is 89.9 Å². The highest BCUT2D eigenvalue weighted by Gasteiger charge is 2.06. The zero-order valence-corrected chi connectivity index (χ0v) is 10.2. The minimum atomic E-state index is 0.236. The van der Waals surface area contributed by atoms with Gasteiger partial charge >= 0.3 is 0 Å². The highest BCUT2D eigenvalue weighted by Crippen LogP contribution is 2.26. The second kappa shape index (κ2) is 5.53. The summed E-state index contributed by atoms with van der Waals surface area (Å²) in [5.41, 5.74) is 5.63. The molecule has 17 heavy (non-hydrogen) atoms. The van der Waals surface area contributed by atoms with E-state index in [2.05, 4.69) is 27.2 Å². The minimum Gasteiger partial charge on any atom is -0.440 e. The Bertz CT molecular complexity index is 474. The minimum absolute atomic E-state index is 0.236. The molecule has 2 aromatic rings. The van der Waals surface area contributed by atoms with Gasteiger partial charge in [-0.1, -0.05) is 6.92 Å². The molecule has 2 aromatic heterocycles. The molecule has 0 unspecified atom stereocenters. The van der Waals surface area contributed by atoms with Crippen molar-refractivity contribution in [3.8, 4) is 0 Å². The van der Waals surface area contributed by atoms with Gasteiger partial charge in [0, 0.05) is 12.6 Å². The molecule has 0 aliphatic carbocycles. The summed E-state index contributed by atoms with van der Waals surface area (Å²) in [4.78, 5) is 12.2. The first kappa shape index (κ1) is 11.7. The second-order valence-corrected chi connectivity index (χ2v) is 4.25. The maximum atomic E-state index is 5.63. The molecule has 0 aliphatic rings. The van der Waals surface area contributed by atoms with Crippen molar-refractivity contribution in [3.63, 3.8) is 0 Å². The first-order valence-electron chi connectivity index (χ1n) is 5.23. The summed E-state index contributed by atoms with van der Waals surface area (Å²) in [5.74, 6) is 0.952. The summed E-state index contributed by atoms with van der Waals surface area (Å²) < 4.78 is 5.13. The van der Waals surface area contributed by atoms with Crippen LogP contribution in [0.25, 0.3) is 0 Å². The molecule has 7 heteroatoms. The van der Waals surface area contributed by atoms with Gasteiger partial charge in [-0.05, 0) is 18.2 Å². The maximum Gasteiger partial charge on any atom is 0.261 e. The van der Waals surface area contributed by atoms with Crippen molar-refractivity contribution in [1.29, 1.82) is 0 Å². The van der Waals surface area contributed by atoms with Crippen LogP contribution in [0, 0.1) is 0 Å². The zero-order valence-electron chi connectivity index (χ0n) is 9.38. The Hall–Kier alpha value is -1.76. The van der Waals surface area contributed by atoms with E-state index in [1.165, 1.54) is 18.0 Å². The van der Waals surface area contributed by atoms with Gasteiger partial charge in [-0.3, -0.25) is 0 Å². The van der Waals surface area contributed by atoms with Crippen molar-refractivity contribution in [3.05, 3.63) is 18.5 Å². The molecule has 0 atom stereocenters. The summed E-state index contributed by atoms with van der Waals surface area (Å²) in [6, 6.07) is 1.82. The van der Waals surface area contributed by atoms with Crippen LogP contribution < -0.4 is 11.1 Å². The van der Waals surface area contributed by atoms with E-state index in [1.807, 2.05) is 6.07 Å². The molecule has 0 spiro atoms. The Morgan fingerprint density at radius 2 is 2.35 bits per heavy atom. The number of nitrogens with one attached hydrogen (secondary N) is 1. The number of hydrogen-bond donors (Lipinski definition) is 2. The van der Waals surface area contributed by atoms with Crippen LogP contribution >= 0.6 is 11.8 Å². The van der Waals surface area contributed by atoms with Crippen LogP contribution in [0.5, 0.6) is 0 Å². The molecule has 0 fully saturated rings. The predicted octanol–water partition coefficient (Wildman–Crippen LogP) is 2.02. The molecule has 0 radical (unpaired) electrons. The molecule has 0 bridgehead atoms. The lowest BCUT2D eigenvalue weighted by Crippen LogP contribution is -2.05. The number of hydrogen-bond acceptors (Lipinski definition) is 7. The quantitative estimate of drug-likeness (QED) is 0.785. The Morgan fingerprint density at radius 3 is 3.06 bits per heavy atom. The van der Waals surface area contributed by atoms with Crippen LogP contribution in [-0.2, 0) is 0 Å². The van der Waals surface area contributed by atoms with Crippen LogP contribution in [-0.4, -0.2) is 21.5 Å². The van der Waals surface area contributed by atoms with Crippen molar-refractivity contribution < 1.29 is 4.42 Å². The largest absolute Gasteiger partial charge is 0.440 e. The molecule has 0 aromatic carbocycles. The fourth-order valence-corrected chi connectivity index (χ4v) is 1.89. The third kappa shape index (κ3) is 3.35. The van der Waals surface area contributed by atoms with Crippen LogP contribution in [0.15, 0.2) is 33.2 Å². The van der Waals surface area contributed by atoms with Crippen LogP contribution in [0.3, 0.4) is 0 Å².